The zero-order valence-electron chi connectivity index (χ0n) is 20.1. The maximum atomic E-state index is 13.4. The van der Waals surface area contributed by atoms with Crippen LogP contribution in [-0.2, 0) is 9.53 Å². The first-order valence-electron chi connectivity index (χ1n) is 11.1. The molecule has 3 heterocycles. The lowest BCUT2D eigenvalue weighted by atomic mass is 9.95. The van der Waals surface area contributed by atoms with Gasteiger partial charge in [-0.2, -0.15) is 0 Å². The van der Waals surface area contributed by atoms with Gasteiger partial charge in [0.25, 0.3) is 5.91 Å². The third-order valence-electron chi connectivity index (χ3n) is 5.44. The fourth-order valence-electron chi connectivity index (χ4n) is 3.90. The summed E-state index contributed by atoms with van der Waals surface area (Å²) in [5.41, 5.74) is 0.621. The van der Waals surface area contributed by atoms with Gasteiger partial charge in [0.15, 0.2) is 28.1 Å². The summed E-state index contributed by atoms with van der Waals surface area (Å²) in [5, 5.41) is 11.0. The molecule has 0 bridgehead atoms. The first-order valence-corrected chi connectivity index (χ1v) is 11.9. The van der Waals surface area contributed by atoms with E-state index < -0.39 is 29.5 Å². The van der Waals surface area contributed by atoms with Gasteiger partial charge in [0, 0.05) is 0 Å². The van der Waals surface area contributed by atoms with Crippen LogP contribution in [0.5, 0.6) is 11.5 Å². The molecule has 4 rings (SSSR count). The highest BCUT2D eigenvalue weighted by molar-refractivity contribution is 7.17. The van der Waals surface area contributed by atoms with Crippen molar-refractivity contribution in [3.8, 4) is 11.5 Å². The highest BCUT2D eigenvalue weighted by Crippen LogP contribution is 2.45. The van der Waals surface area contributed by atoms with E-state index in [4.69, 9.17) is 18.6 Å². The van der Waals surface area contributed by atoms with Crippen molar-refractivity contribution >= 4 is 34.1 Å². The van der Waals surface area contributed by atoms with Crippen molar-refractivity contribution in [1.82, 2.24) is 4.98 Å². The third-order valence-corrected chi connectivity index (χ3v) is 6.58. The number of methoxy groups -OCH3 is 1. The number of ether oxygens (including phenoxy) is 3. The molecule has 0 saturated carbocycles. The second-order valence-corrected chi connectivity index (χ2v) is 8.60. The summed E-state index contributed by atoms with van der Waals surface area (Å²) in [6, 6.07) is 6.89. The number of carbonyl (C=O) groups is 3. The summed E-state index contributed by atoms with van der Waals surface area (Å²) >= 11 is 0.922. The zero-order valence-corrected chi connectivity index (χ0v) is 20.9. The van der Waals surface area contributed by atoms with Gasteiger partial charge < -0.3 is 23.7 Å². The smallest absolute Gasteiger partial charge is 0.350 e. The van der Waals surface area contributed by atoms with Crippen LogP contribution in [0.2, 0.25) is 0 Å². The second-order valence-electron chi connectivity index (χ2n) is 7.62. The Hall–Kier alpha value is -4.12. The number of carbonyl (C=O) groups excluding carboxylic acids is 3. The first-order chi connectivity index (χ1) is 17.3. The van der Waals surface area contributed by atoms with Crippen molar-refractivity contribution in [2.24, 2.45) is 0 Å². The number of aliphatic hydroxyl groups excluding tert-OH is 1. The molecule has 1 aliphatic rings. The van der Waals surface area contributed by atoms with Crippen molar-refractivity contribution in [2.75, 3.05) is 25.2 Å². The molecule has 0 aliphatic carbocycles. The minimum Gasteiger partial charge on any atom is -0.503 e. The van der Waals surface area contributed by atoms with Crippen LogP contribution in [0.15, 0.2) is 52.3 Å². The van der Waals surface area contributed by atoms with Crippen LogP contribution in [0.4, 0.5) is 5.13 Å². The van der Waals surface area contributed by atoms with Crippen molar-refractivity contribution in [2.45, 2.75) is 26.8 Å². The minimum absolute atomic E-state index is 0.0438. The summed E-state index contributed by atoms with van der Waals surface area (Å²) in [5.74, 6) is -1.99. The van der Waals surface area contributed by atoms with Gasteiger partial charge in [0.2, 0.25) is 5.78 Å². The third kappa shape index (κ3) is 4.33. The molecule has 1 aromatic carbocycles. The van der Waals surface area contributed by atoms with Gasteiger partial charge in [-0.05, 0) is 50.6 Å². The fourth-order valence-corrected chi connectivity index (χ4v) is 4.91. The Kier molecular flexibility index (Phi) is 7.11. The molecular weight excluding hydrogens is 488 g/mol. The molecule has 0 radical (unpaired) electrons. The Balaban J connectivity index is 1.89. The van der Waals surface area contributed by atoms with E-state index >= 15 is 0 Å². The van der Waals surface area contributed by atoms with E-state index in [9.17, 15) is 19.5 Å². The molecular formula is C25H24N2O8S. The number of benzene rings is 1. The average Bonchev–Trinajstić information content (AvgIpc) is 3.59. The molecule has 1 atom stereocenters. The van der Waals surface area contributed by atoms with Crippen LogP contribution in [0.3, 0.4) is 0 Å². The summed E-state index contributed by atoms with van der Waals surface area (Å²) in [6.45, 7) is 6.02. The number of anilines is 1. The number of hydrogen-bond donors (Lipinski definition) is 1. The number of hydrogen-bond acceptors (Lipinski definition) is 10. The zero-order chi connectivity index (χ0) is 26.0. The van der Waals surface area contributed by atoms with E-state index in [1.807, 2.05) is 13.8 Å². The van der Waals surface area contributed by atoms with Crippen LogP contribution in [-0.4, -0.2) is 48.1 Å². The summed E-state index contributed by atoms with van der Waals surface area (Å²) in [4.78, 5) is 44.7. The summed E-state index contributed by atoms with van der Waals surface area (Å²) in [7, 11) is 1.24. The molecule has 1 N–H and O–H groups in total. The van der Waals surface area contributed by atoms with Crippen LogP contribution in [0, 0.1) is 6.92 Å². The molecule has 10 nitrogen and oxygen atoms in total. The molecule has 0 saturated heterocycles. The minimum atomic E-state index is -1.08. The monoisotopic (exact) mass is 512 g/mol. The van der Waals surface area contributed by atoms with Crippen molar-refractivity contribution in [3.63, 3.8) is 0 Å². The van der Waals surface area contributed by atoms with Gasteiger partial charge in [-0.3, -0.25) is 14.5 Å². The molecule has 188 valence electrons. The molecule has 0 spiro atoms. The highest BCUT2D eigenvalue weighted by atomic mass is 32.1. The van der Waals surface area contributed by atoms with Crippen molar-refractivity contribution in [3.05, 3.63) is 69.8 Å². The topological polar surface area (TPSA) is 128 Å². The van der Waals surface area contributed by atoms with Gasteiger partial charge in [-0.25, -0.2) is 9.78 Å². The number of aryl methyl sites for hydroxylation is 1. The van der Waals surface area contributed by atoms with E-state index in [-0.39, 0.29) is 21.3 Å². The van der Waals surface area contributed by atoms with Gasteiger partial charge in [0.05, 0.1) is 43.9 Å². The second kappa shape index (κ2) is 10.2. The number of rotatable bonds is 9. The standard InChI is InChI=1S/C25H24N2O8S/c1-5-33-15-10-9-14(12-17(15)34-6-2)19-18(20(28)16-8-7-11-35-16)21(29)23(30)27(19)25-26-13(3)22(36-25)24(31)32-4/h7-12,19,29H,5-6H2,1-4H3. The Morgan fingerprint density at radius 3 is 2.53 bits per heavy atom. The number of aliphatic hydroxyl groups is 1. The van der Waals surface area contributed by atoms with E-state index in [1.165, 1.54) is 30.4 Å². The summed E-state index contributed by atoms with van der Waals surface area (Å²) in [6.07, 6.45) is 1.32. The van der Waals surface area contributed by atoms with Gasteiger partial charge in [0.1, 0.15) is 4.88 Å². The quantitative estimate of drug-likeness (QED) is 0.327. The predicted molar refractivity (Wildman–Crippen MR) is 130 cm³/mol. The van der Waals surface area contributed by atoms with Crippen molar-refractivity contribution < 1.29 is 38.1 Å². The Morgan fingerprint density at radius 1 is 1.17 bits per heavy atom. The van der Waals surface area contributed by atoms with Crippen LogP contribution < -0.4 is 14.4 Å². The van der Waals surface area contributed by atoms with Gasteiger partial charge >= 0.3 is 5.97 Å². The van der Waals surface area contributed by atoms with E-state index in [0.29, 0.717) is 36.0 Å². The fraction of sp³-hybridized carbons (Fsp3) is 0.280. The number of esters is 1. The lowest BCUT2D eigenvalue weighted by Crippen LogP contribution is -2.31. The van der Waals surface area contributed by atoms with Crippen molar-refractivity contribution in [1.29, 1.82) is 0 Å². The number of nitrogens with zero attached hydrogens (tertiary/aromatic N) is 2. The number of aromatic nitrogens is 1. The van der Waals surface area contributed by atoms with Crippen LogP contribution in [0.1, 0.15) is 51.4 Å². The Bertz CT molecular complexity index is 1340. The number of Topliss-reactive ketones (excluding diaryl/α,β-unsaturated/α-hetero) is 1. The molecule has 1 amide bonds. The molecule has 2 aromatic heterocycles. The maximum absolute atomic E-state index is 13.4. The Labute approximate surface area is 210 Å². The molecule has 11 heteroatoms. The SMILES string of the molecule is CCOc1ccc(C2C(C(=O)c3ccco3)=C(O)C(=O)N2c2nc(C)c(C(=O)OC)s2)cc1OCC. The summed E-state index contributed by atoms with van der Waals surface area (Å²) < 4.78 is 21.4. The molecule has 1 aliphatic heterocycles. The first kappa shape index (κ1) is 25.0. The van der Waals surface area contributed by atoms with E-state index in [0.717, 1.165) is 11.3 Å². The predicted octanol–water partition coefficient (Wildman–Crippen LogP) is 4.41. The average molecular weight is 513 g/mol. The number of thiazole rings is 1. The van der Waals surface area contributed by atoms with Crippen LogP contribution in [0.25, 0.3) is 0 Å². The molecule has 36 heavy (non-hydrogen) atoms. The maximum Gasteiger partial charge on any atom is 0.350 e. The van der Waals surface area contributed by atoms with Crippen LogP contribution >= 0.6 is 11.3 Å². The largest absolute Gasteiger partial charge is 0.503 e. The van der Waals surface area contributed by atoms with E-state index in [1.54, 1.807) is 25.1 Å². The lowest BCUT2D eigenvalue weighted by molar-refractivity contribution is -0.117. The highest BCUT2D eigenvalue weighted by Gasteiger charge is 2.47. The number of furan rings is 1. The molecule has 0 fully saturated rings. The van der Waals surface area contributed by atoms with Gasteiger partial charge in [-0.15, -0.1) is 0 Å². The number of amides is 1. The molecule has 1 unspecified atom stereocenters. The lowest BCUT2D eigenvalue weighted by Gasteiger charge is -2.25. The Morgan fingerprint density at radius 2 is 1.89 bits per heavy atom. The normalized spacial score (nSPS) is 15.4. The molecule has 3 aromatic rings. The number of ketones is 1. The van der Waals surface area contributed by atoms with Gasteiger partial charge in [-0.1, -0.05) is 17.4 Å². The van der Waals surface area contributed by atoms with E-state index in [2.05, 4.69) is 4.98 Å².